The molecule has 15 heavy (non-hydrogen) atoms. The summed E-state index contributed by atoms with van der Waals surface area (Å²) in [5.41, 5.74) is 4.22. The van der Waals surface area contributed by atoms with Crippen molar-refractivity contribution in [1.82, 2.24) is 0 Å². The molecule has 0 saturated heterocycles. The van der Waals surface area contributed by atoms with Gasteiger partial charge in [0.1, 0.15) is 17.2 Å². The van der Waals surface area contributed by atoms with E-state index in [0.29, 0.717) is 0 Å². The highest BCUT2D eigenvalue weighted by atomic mass is 19.1. The highest BCUT2D eigenvalue weighted by Crippen LogP contribution is 2.36. The number of nitrogens with two attached hydrogens (primary N) is 1. The van der Waals surface area contributed by atoms with E-state index in [9.17, 15) is 13.6 Å². The van der Waals surface area contributed by atoms with Gasteiger partial charge >= 0.3 is 5.97 Å². The summed E-state index contributed by atoms with van der Waals surface area (Å²) in [6.07, 6.45) is 0.322. The second-order valence-corrected chi connectivity index (χ2v) is 3.69. The van der Waals surface area contributed by atoms with E-state index < -0.39 is 23.1 Å². The molecule has 0 aliphatic heterocycles. The fourth-order valence-corrected chi connectivity index (χ4v) is 1.93. The van der Waals surface area contributed by atoms with Gasteiger partial charge in [-0.1, -0.05) is 0 Å². The summed E-state index contributed by atoms with van der Waals surface area (Å²) in [7, 11) is 0. The van der Waals surface area contributed by atoms with Crippen molar-refractivity contribution in [3.63, 3.8) is 0 Å². The maximum Gasteiger partial charge on any atom is 0.328 e. The minimum absolute atomic E-state index is 0.0486. The maximum atomic E-state index is 13.3. The smallest absolute Gasteiger partial charge is 0.328 e. The molecule has 0 spiro atoms. The molecule has 1 aliphatic rings. The summed E-state index contributed by atoms with van der Waals surface area (Å²) >= 11 is 0. The zero-order chi connectivity index (χ0) is 11.2. The minimum Gasteiger partial charge on any atom is -0.480 e. The van der Waals surface area contributed by atoms with Crippen LogP contribution < -0.4 is 5.73 Å². The second-order valence-electron chi connectivity index (χ2n) is 3.69. The van der Waals surface area contributed by atoms with Crippen molar-refractivity contribution in [2.75, 3.05) is 0 Å². The number of carboxylic acids is 1. The van der Waals surface area contributed by atoms with Crippen molar-refractivity contribution in [3.05, 3.63) is 34.9 Å². The van der Waals surface area contributed by atoms with E-state index in [1.807, 2.05) is 0 Å². The Bertz CT molecular complexity index is 447. The van der Waals surface area contributed by atoms with Crippen molar-refractivity contribution in [2.24, 2.45) is 5.73 Å². The highest BCUT2D eigenvalue weighted by molar-refractivity contribution is 5.82. The van der Waals surface area contributed by atoms with Gasteiger partial charge in [-0.2, -0.15) is 0 Å². The molecule has 0 saturated carbocycles. The molecule has 5 heteroatoms. The standard InChI is InChI=1S/C10H9F2NO2/c11-5-3-7-6(8(12)4-5)1-2-10(7,13)9(14)15/h3-4H,1-2,13H2,(H,14,15). The van der Waals surface area contributed by atoms with Crippen LogP contribution >= 0.6 is 0 Å². The number of hydrogen-bond acceptors (Lipinski definition) is 2. The van der Waals surface area contributed by atoms with Gasteiger partial charge in [-0.3, -0.25) is 0 Å². The van der Waals surface area contributed by atoms with E-state index in [0.717, 1.165) is 12.1 Å². The van der Waals surface area contributed by atoms with Crippen LogP contribution in [0.3, 0.4) is 0 Å². The first-order chi connectivity index (χ1) is 6.95. The molecule has 0 radical (unpaired) electrons. The topological polar surface area (TPSA) is 63.3 Å². The Morgan fingerprint density at radius 1 is 1.47 bits per heavy atom. The molecule has 0 aromatic heterocycles. The first-order valence-corrected chi connectivity index (χ1v) is 4.46. The van der Waals surface area contributed by atoms with Gasteiger partial charge < -0.3 is 10.8 Å². The SMILES string of the molecule is NC1(C(=O)O)CCc2c(F)cc(F)cc21. The number of carbonyl (C=O) groups is 1. The van der Waals surface area contributed by atoms with E-state index >= 15 is 0 Å². The summed E-state index contributed by atoms with van der Waals surface area (Å²) in [6, 6.07) is 1.74. The van der Waals surface area contributed by atoms with Gasteiger partial charge in [0.2, 0.25) is 0 Å². The maximum absolute atomic E-state index is 13.3. The van der Waals surface area contributed by atoms with Gasteiger partial charge in [-0.15, -0.1) is 0 Å². The van der Waals surface area contributed by atoms with E-state index in [-0.39, 0.29) is 24.0 Å². The Morgan fingerprint density at radius 3 is 2.73 bits per heavy atom. The number of halogens is 2. The molecule has 80 valence electrons. The molecule has 0 heterocycles. The number of benzene rings is 1. The van der Waals surface area contributed by atoms with Crippen molar-refractivity contribution < 1.29 is 18.7 Å². The third-order valence-electron chi connectivity index (χ3n) is 2.79. The van der Waals surface area contributed by atoms with Crippen LogP contribution in [0.4, 0.5) is 8.78 Å². The van der Waals surface area contributed by atoms with Crippen LogP contribution in [0.2, 0.25) is 0 Å². The van der Waals surface area contributed by atoms with Crippen LogP contribution in [0.15, 0.2) is 12.1 Å². The average molecular weight is 213 g/mol. The Morgan fingerprint density at radius 2 is 2.13 bits per heavy atom. The summed E-state index contributed by atoms with van der Waals surface area (Å²) in [4.78, 5) is 10.9. The number of hydrogen-bond donors (Lipinski definition) is 2. The molecular formula is C10H9F2NO2. The van der Waals surface area contributed by atoms with E-state index in [2.05, 4.69) is 0 Å². The predicted molar refractivity (Wildman–Crippen MR) is 48.2 cm³/mol. The van der Waals surface area contributed by atoms with Gasteiger partial charge in [0, 0.05) is 6.07 Å². The van der Waals surface area contributed by atoms with Crippen molar-refractivity contribution in [1.29, 1.82) is 0 Å². The lowest BCUT2D eigenvalue weighted by molar-refractivity contribution is -0.143. The van der Waals surface area contributed by atoms with E-state index in [4.69, 9.17) is 10.8 Å². The molecule has 0 bridgehead atoms. The first-order valence-electron chi connectivity index (χ1n) is 4.46. The lowest BCUT2D eigenvalue weighted by Gasteiger charge is -2.19. The van der Waals surface area contributed by atoms with Crippen LogP contribution in [0.1, 0.15) is 17.5 Å². The number of rotatable bonds is 1. The molecule has 3 N–H and O–H groups in total. The Balaban J connectivity index is 2.65. The monoisotopic (exact) mass is 213 g/mol. The van der Waals surface area contributed by atoms with E-state index in [1.54, 1.807) is 0 Å². The highest BCUT2D eigenvalue weighted by Gasteiger charge is 2.43. The largest absolute Gasteiger partial charge is 0.480 e. The third-order valence-corrected chi connectivity index (χ3v) is 2.79. The summed E-state index contributed by atoms with van der Waals surface area (Å²) < 4.78 is 26.2. The lowest BCUT2D eigenvalue weighted by atomic mass is 9.93. The Kier molecular flexibility index (Phi) is 2.01. The van der Waals surface area contributed by atoms with Crippen LogP contribution in [0.5, 0.6) is 0 Å². The number of aliphatic carboxylic acids is 1. The van der Waals surface area contributed by atoms with Crippen molar-refractivity contribution in [2.45, 2.75) is 18.4 Å². The minimum atomic E-state index is -1.65. The average Bonchev–Trinajstić information content (AvgIpc) is 2.46. The van der Waals surface area contributed by atoms with Gasteiger partial charge in [-0.25, -0.2) is 13.6 Å². The lowest BCUT2D eigenvalue weighted by Crippen LogP contribution is -2.42. The predicted octanol–water partition coefficient (Wildman–Crippen LogP) is 1.15. The quantitative estimate of drug-likeness (QED) is 0.735. The molecule has 1 atom stereocenters. The molecule has 0 fully saturated rings. The summed E-state index contributed by atoms with van der Waals surface area (Å²) in [5, 5.41) is 8.93. The van der Waals surface area contributed by atoms with Gasteiger partial charge in [-0.05, 0) is 30.0 Å². The molecule has 0 amide bonds. The molecule has 1 aromatic carbocycles. The summed E-state index contributed by atoms with van der Waals surface area (Å²) in [6.45, 7) is 0. The fraction of sp³-hybridized carbons (Fsp3) is 0.300. The van der Waals surface area contributed by atoms with Gasteiger partial charge in [0.25, 0.3) is 0 Å². The molecule has 1 aromatic rings. The molecule has 1 unspecified atom stereocenters. The third kappa shape index (κ3) is 1.31. The van der Waals surface area contributed by atoms with Crippen molar-refractivity contribution in [3.8, 4) is 0 Å². The zero-order valence-corrected chi connectivity index (χ0v) is 7.76. The molecule has 3 nitrogen and oxygen atoms in total. The first kappa shape index (κ1) is 10.0. The number of fused-ring (bicyclic) bond motifs is 1. The van der Waals surface area contributed by atoms with Gasteiger partial charge in [0.05, 0.1) is 0 Å². The molecular weight excluding hydrogens is 204 g/mol. The second kappa shape index (κ2) is 3.00. The van der Waals surface area contributed by atoms with Crippen LogP contribution in [0.25, 0.3) is 0 Å². The van der Waals surface area contributed by atoms with Crippen LogP contribution in [-0.2, 0) is 16.8 Å². The van der Waals surface area contributed by atoms with Crippen LogP contribution in [0, 0.1) is 11.6 Å². The normalized spacial score (nSPS) is 23.9. The zero-order valence-electron chi connectivity index (χ0n) is 7.76. The summed E-state index contributed by atoms with van der Waals surface area (Å²) in [5.74, 6) is -2.78. The van der Waals surface area contributed by atoms with Crippen LogP contribution in [-0.4, -0.2) is 11.1 Å². The molecule has 1 aliphatic carbocycles. The fourth-order valence-electron chi connectivity index (χ4n) is 1.93. The Hall–Kier alpha value is -1.49. The van der Waals surface area contributed by atoms with Gasteiger partial charge in [0.15, 0.2) is 0 Å². The number of carboxylic acid groups (broad SMARTS) is 1. The van der Waals surface area contributed by atoms with E-state index in [1.165, 1.54) is 0 Å². The molecule has 2 rings (SSSR count). The van der Waals surface area contributed by atoms with Crippen molar-refractivity contribution >= 4 is 5.97 Å². The Labute approximate surface area is 84.5 Å².